The number of hydrogen-bond acceptors (Lipinski definition) is 7. The highest BCUT2D eigenvalue weighted by atomic mass is 32.1. The molecular formula is C34H50N2O4S. The SMILES string of the molecule is CCCCCc1ccc(-c2cc3ccc(OCCCCC(O)COC(=O)C(CC(C)(C)N)C(C)(C)N)cc3s2)cc1. The van der Waals surface area contributed by atoms with E-state index < -0.39 is 29.1 Å². The quantitative estimate of drug-likeness (QED) is 0.114. The van der Waals surface area contributed by atoms with Crippen LogP contribution in [0.2, 0.25) is 0 Å². The van der Waals surface area contributed by atoms with Crippen molar-refractivity contribution in [3.63, 3.8) is 0 Å². The molecule has 226 valence electrons. The van der Waals surface area contributed by atoms with Crippen molar-refractivity contribution in [2.24, 2.45) is 17.4 Å². The van der Waals surface area contributed by atoms with Gasteiger partial charge < -0.3 is 26.0 Å². The molecule has 2 aromatic carbocycles. The van der Waals surface area contributed by atoms with E-state index in [1.54, 1.807) is 25.2 Å². The Bertz CT molecular complexity index is 1220. The number of unbranched alkanes of at least 4 members (excludes halogenated alkanes) is 3. The molecule has 0 bridgehead atoms. The fourth-order valence-electron chi connectivity index (χ4n) is 4.87. The highest BCUT2D eigenvalue weighted by molar-refractivity contribution is 7.22. The number of esters is 1. The average Bonchev–Trinajstić information content (AvgIpc) is 3.33. The number of nitrogens with two attached hydrogens (primary N) is 2. The zero-order valence-electron chi connectivity index (χ0n) is 25.6. The second-order valence-electron chi connectivity index (χ2n) is 12.7. The molecule has 5 N–H and O–H groups in total. The molecule has 7 heteroatoms. The normalized spacial score (nSPS) is 13.8. The van der Waals surface area contributed by atoms with Crippen molar-refractivity contribution in [3.8, 4) is 16.2 Å². The van der Waals surface area contributed by atoms with Crippen LogP contribution in [0.15, 0.2) is 48.5 Å². The first-order valence-corrected chi connectivity index (χ1v) is 15.9. The maximum Gasteiger partial charge on any atom is 0.310 e. The molecule has 0 aliphatic carbocycles. The van der Waals surface area contributed by atoms with Crippen LogP contribution in [0.25, 0.3) is 20.5 Å². The van der Waals surface area contributed by atoms with Gasteiger partial charge in [-0.2, -0.15) is 0 Å². The number of fused-ring (bicyclic) bond motifs is 1. The van der Waals surface area contributed by atoms with Crippen LogP contribution in [-0.2, 0) is 16.0 Å². The molecule has 1 aromatic heterocycles. The largest absolute Gasteiger partial charge is 0.494 e. The number of carbonyl (C=O) groups excluding carboxylic acids is 1. The second-order valence-corrected chi connectivity index (χ2v) is 13.7. The molecule has 0 fully saturated rings. The van der Waals surface area contributed by atoms with Gasteiger partial charge in [0.05, 0.1) is 18.6 Å². The van der Waals surface area contributed by atoms with E-state index in [0.717, 1.165) is 25.0 Å². The third kappa shape index (κ3) is 11.0. The Morgan fingerprint density at radius 1 is 0.976 bits per heavy atom. The summed E-state index contributed by atoms with van der Waals surface area (Å²) in [6, 6.07) is 17.5. The molecule has 3 rings (SSSR count). The van der Waals surface area contributed by atoms with Crippen LogP contribution in [0.5, 0.6) is 5.75 Å². The predicted molar refractivity (Wildman–Crippen MR) is 171 cm³/mol. The van der Waals surface area contributed by atoms with E-state index in [0.29, 0.717) is 19.4 Å². The Morgan fingerprint density at radius 3 is 2.37 bits per heavy atom. The standard InChI is InChI=1S/C34H50N2O4S/c1-6-7-8-11-24-13-15-25(16-14-24)30-20-26-17-18-28(21-31(26)41-30)39-19-10-9-12-27(37)23-40-32(38)29(34(4,5)36)22-33(2,3)35/h13-18,20-21,27,29,37H,6-12,19,22-23,35-36H2,1-5H3. The monoisotopic (exact) mass is 582 g/mol. The Morgan fingerprint density at radius 2 is 1.71 bits per heavy atom. The van der Waals surface area contributed by atoms with E-state index in [-0.39, 0.29) is 6.61 Å². The lowest BCUT2D eigenvalue weighted by Crippen LogP contribution is -2.50. The summed E-state index contributed by atoms with van der Waals surface area (Å²) < 4.78 is 12.6. The smallest absolute Gasteiger partial charge is 0.310 e. The maximum absolute atomic E-state index is 12.7. The van der Waals surface area contributed by atoms with Crippen molar-refractivity contribution >= 4 is 27.4 Å². The Labute approximate surface area is 250 Å². The summed E-state index contributed by atoms with van der Waals surface area (Å²) in [5.74, 6) is -0.101. The third-order valence-corrected chi connectivity index (χ3v) is 8.48. The first-order valence-electron chi connectivity index (χ1n) is 15.0. The first kappa shape index (κ1) is 33.1. The summed E-state index contributed by atoms with van der Waals surface area (Å²) >= 11 is 1.78. The van der Waals surface area contributed by atoms with Crippen molar-refractivity contribution in [2.45, 2.75) is 103 Å². The third-order valence-electron chi connectivity index (χ3n) is 7.33. The van der Waals surface area contributed by atoms with Crippen molar-refractivity contribution in [3.05, 3.63) is 54.1 Å². The number of aryl methyl sites for hydroxylation is 1. The van der Waals surface area contributed by atoms with Crippen LogP contribution in [0.1, 0.15) is 85.1 Å². The lowest BCUT2D eigenvalue weighted by atomic mass is 9.80. The number of ether oxygens (including phenoxy) is 2. The minimum atomic E-state index is -0.761. The van der Waals surface area contributed by atoms with Gasteiger partial charge in [0.1, 0.15) is 12.4 Å². The molecular weight excluding hydrogens is 532 g/mol. The predicted octanol–water partition coefficient (Wildman–Crippen LogP) is 7.24. The summed E-state index contributed by atoms with van der Waals surface area (Å²) in [5, 5.41) is 11.6. The molecule has 41 heavy (non-hydrogen) atoms. The molecule has 6 nitrogen and oxygen atoms in total. The molecule has 0 spiro atoms. The van der Waals surface area contributed by atoms with Crippen molar-refractivity contribution < 1.29 is 19.4 Å². The zero-order chi connectivity index (χ0) is 30.0. The summed E-state index contributed by atoms with van der Waals surface area (Å²) in [4.78, 5) is 13.9. The Hall–Kier alpha value is -2.45. The van der Waals surface area contributed by atoms with Crippen LogP contribution in [0.4, 0.5) is 0 Å². The van der Waals surface area contributed by atoms with Gasteiger partial charge >= 0.3 is 5.97 Å². The van der Waals surface area contributed by atoms with Gasteiger partial charge in [0, 0.05) is 20.7 Å². The van der Waals surface area contributed by atoms with Crippen LogP contribution in [-0.4, -0.2) is 41.5 Å². The Kier molecular flexibility index (Phi) is 12.2. The van der Waals surface area contributed by atoms with Crippen LogP contribution in [0, 0.1) is 5.92 Å². The molecule has 2 atom stereocenters. The van der Waals surface area contributed by atoms with Crippen molar-refractivity contribution in [1.29, 1.82) is 0 Å². The highest BCUT2D eigenvalue weighted by Gasteiger charge is 2.36. The number of aliphatic hydroxyl groups is 1. The van der Waals surface area contributed by atoms with E-state index in [1.807, 2.05) is 19.9 Å². The summed E-state index contributed by atoms with van der Waals surface area (Å²) in [6.45, 7) is 10.1. The summed E-state index contributed by atoms with van der Waals surface area (Å²) in [7, 11) is 0. The number of carbonyl (C=O) groups is 1. The van der Waals surface area contributed by atoms with Crippen LogP contribution < -0.4 is 16.2 Å². The second kappa shape index (κ2) is 15.1. The minimum Gasteiger partial charge on any atom is -0.494 e. The molecule has 0 saturated carbocycles. The van der Waals surface area contributed by atoms with E-state index in [4.69, 9.17) is 20.9 Å². The fourth-order valence-corrected chi connectivity index (χ4v) is 5.97. The van der Waals surface area contributed by atoms with Crippen molar-refractivity contribution in [1.82, 2.24) is 0 Å². The number of rotatable bonds is 17. The maximum atomic E-state index is 12.7. The lowest BCUT2D eigenvalue weighted by Gasteiger charge is -2.33. The van der Waals surface area contributed by atoms with E-state index in [1.165, 1.54) is 45.4 Å². The molecule has 0 amide bonds. The molecule has 2 unspecified atom stereocenters. The van der Waals surface area contributed by atoms with Gasteiger partial charge in [-0.15, -0.1) is 11.3 Å². The molecule has 3 aromatic rings. The number of hydrogen-bond donors (Lipinski definition) is 3. The molecule has 1 heterocycles. The van der Waals surface area contributed by atoms with Gasteiger partial charge in [-0.25, -0.2) is 0 Å². The van der Waals surface area contributed by atoms with Gasteiger partial charge in [0.2, 0.25) is 0 Å². The number of aliphatic hydroxyl groups excluding tert-OH is 1. The zero-order valence-corrected chi connectivity index (χ0v) is 26.4. The minimum absolute atomic E-state index is 0.0454. The van der Waals surface area contributed by atoms with Crippen LogP contribution >= 0.6 is 11.3 Å². The molecule has 0 radical (unpaired) electrons. The first-order chi connectivity index (χ1) is 19.4. The van der Waals surface area contributed by atoms with Gasteiger partial charge in [0.15, 0.2) is 0 Å². The van der Waals surface area contributed by atoms with Crippen molar-refractivity contribution in [2.75, 3.05) is 13.2 Å². The van der Waals surface area contributed by atoms with E-state index in [9.17, 15) is 9.90 Å². The van der Waals surface area contributed by atoms with E-state index >= 15 is 0 Å². The molecule has 0 aliphatic rings. The molecule has 0 saturated heterocycles. The van der Waals surface area contributed by atoms with Crippen LogP contribution in [0.3, 0.4) is 0 Å². The van der Waals surface area contributed by atoms with Gasteiger partial charge in [-0.1, -0.05) is 44.0 Å². The number of thiophene rings is 1. The molecule has 0 aliphatic heterocycles. The highest BCUT2D eigenvalue weighted by Crippen LogP contribution is 2.35. The summed E-state index contributed by atoms with van der Waals surface area (Å²) in [6.07, 6.45) is 6.70. The topological polar surface area (TPSA) is 108 Å². The summed E-state index contributed by atoms with van der Waals surface area (Å²) in [5.41, 5.74) is 13.7. The lowest BCUT2D eigenvalue weighted by molar-refractivity contribution is -0.154. The van der Waals surface area contributed by atoms with Gasteiger partial charge in [-0.05, 0) is 107 Å². The average molecular weight is 583 g/mol. The number of benzene rings is 2. The fraction of sp³-hybridized carbons (Fsp3) is 0.559. The van der Waals surface area contributed by atoms with Gasteiger partial charge in [-0.3, -0.25) is 4.79 Å². The Balaban J connectivity index is 1.41. The van der Waals surface area contributed by atoms with E-state index in [2.05, 4.69) is 49.4 Å². The van der Waals surface area contributed by atoms with Gasteiger partial charge in [0.25, 0.3) is 0 Å².